The van der Waals surface area contributed by atoms with Gasteiger partial charge in [0.25, 0.3) is 0 Å². The van der Waals surface area contributed by atoms with Crippen molar-refractivity contribution in [2.45, 2.75) is 19.5 Å². The third-order valence-corrected chi connectivity index (χ3v) is 2.74. The highest BCUT2D eigenvalue weighted by Gasteiger charge is 2.34. The summed E-state index contributed by atoms with van der Waals surface area (Å²) in [7, 11) is 0. The van der Waals surface area contributed by atoms with Crippen LogP contribution in [0.4, 0.5) is 13.2 Å². The van der Waals surface area contributed by atoms with Crippen molar-refractivity contribution in [2.75, 3.05) is 0 Å². The first kappa shape index (κ1) is 13.1. The number of rotatable bonds is 2. The van der Waals surface area contributed by atoms with Gasteiger partial charge >= 0.3 is 6.18 Å². The molecule has 0 aliphatic carbocycles. The molecule has 0 amide bonds. The number of aryl methyl sites for hydroxylation is 1. The highest BCUT2D eigenvalue weighted by Crippen LogP contribution is 2.33. The predicted molar refractivity (Wildman–Crippen MR) is 62.7 cm³/mol. The number of nitriles is 1. The Hall–Kier alpha value is -2.29. The summed E-state index contributed by atoms with van der Waals surface area (Å²) in [5.41, 5.74) is -0.960. The van der Waals surface area contributed by atoms with Gasteiger partial charge in [0.1, 0.15) is 5.82 Å². The first-order valence-electron chi connectivity index (χ1n) is 5.61. The van der Waals surface area contributed by atoms with E-state index in [0.717, 1.165) is 6.07 Å². The van der Waals surface area contributed by atoms with Crippen LogP contribution in [-0.2, 0) is 12.6 Å². The second-order valence-corrected chi connectivity index (χ2v) is 3.91. The summed E-state index contributed by atoms with van der Waals surface area (Å²) in [6.45, 7) is 1.87. The maximum atomic E-state index is 12.9. The lowest BCUT2D eigenvalue weighted by Crippen LogP contribution is -2.09. The van der Waals surface area contributed by atoms with Crippen LogP contribution in [-0.4, -0.2) is 9.55 Å². The molecule has 0 saturated heterocycles. The number of benzene rings is 1. The van der Waals surface area contributed by atoms with E-state index < -0.39 is 11.7 Å². The number of nitrogens with zero attached hydrogens (tertiary/aromatic N) is 3. The first-order chi connectivity index (χ1) is 8.97. The van der Waals surface area contributed by atoms with Crippen molar-refractivity contribution >= 4 is 0 Å². The topological polar surface area (TPSA) is 41.6 Å². The number of hydrogen-bond acceptors (Lipinski definition) is 2. The number of aromatic nitrogens is 2. The Morgan fingerprint density at radius 2 is 2.11 bits per heavy atom. The molecule has 0 saturated carbocycles. The molecule has 6 heteroatoms. The Bertz CT molecular complexity index is 635. The van der Waals surface area contributed by atoms with Gasteiger partial charge in [0.05, 0.1) is 17.2 Å². The van der Waals surface area contributed by atoms with E-state index in [1.54, 1.807) is 16.8 Å². The van der Waals surface area contributed by atoms with Crippen LogP contribution in [0.15, 0.2) is 30.6 Å². The maximum absolute atomic E-state index is 12.9. The van der Waals surface area contributed by atoms with Gasteiger partial charge in [-0.1, -0.05) is 6.92 Å². The van der Waals surface area contributed by atoms with Crippen LogP contribution < -0.4 is 0 Å². The Balaban J connectivity index is 2.59. The molecular formula is C13H10F3N3. The Morgan fingerprint density at radius 1 is 1.37 bits per heavy atom. The van der Waals surface area contributed by atoms with Crippen LogP contribution in [0.25, 0.3) is 5.69 Å². The quantitative estimate of drug-likeness (QED) is 0.835. The molecule has 19 heavy (non-hydrogen) atoms. The Morgan fingerprint density at radius 3 is 2.68 bits per heavy atom. The fourth-order valence-electron chi connectivity index (χ4n) is 1.85. The van der Waals surface area contributed by atoms with Gasteiger partial charge in [0, 0.05) is 24.5 Å². The summed E-state index contributed by atoms with van der Waals surface area (Å²) in [5, 5.41) is 8.73. The van der Waals surface area contributed by atoms with Gasteiger partial charge < -0.3 is 4.57 Å². The van der Waals surface area contributed by atoms with Gasteiger partial charge in [-0.3, -0.25) is 0 Å². The lowest BCUT2D eigenvalue weighted by molar-refractivity contribution is -0.137. The summed E-state index contributed by atoms with van der Waals surface area (Å²) < 4.78 is 40.2. The fraction of sp³-hybridized carbons (Fsp3) is 0.231. The normalized spacial score (nSPS) is 11.3. The van der Waals surface area contributed by atoms with Crippen LogP contribution in [0.3, 0.4) is 0 Å². The molecule has 0 aliphatic rings. The fourth-order valence-corrected chi connectivity index (χ4v) is 1.85. The van der Waals surface area contributed by atoms with Crippen LogP contribution in [0.2, 0.25) is 0 Å². The molecule has 0 aliphatic heterocycles. The highest BCUT2D eigenvalue weighted by atomic mass is 19.4. The van der Waals surface area contributed by atoms with Gasteiger partial charge in [-0.05, 0) is 18.2 Å². The molecule has 0 unspecified atom stereocenters. The second-order valence-electron chi connectivity index (χ2n) is 3.91. The van der Waals surface area contributed by atoms with Gasteiger partial charge in [0.2, 0.25) is 0 Å². The minimum absolute atomic E-state index is 0.348. The third kappa shape index (κ3) is 2.45. The molecule has 0 N–H and O–H groups in total. The molecule has 3 nitrogen and oxygen atoms in total. The van der Waals surface area contributed by atoms with Crippen LogP contribution in [0, 0.1) is 11.3 Å². The van der Waals surface area contributed by atoms with Crippen molar-refractivity contribution in [3.05, 3.63) is 47.5 Å². The van der Waals surface area contributed by atoms with Crippen molar-refractivity contribution in [3.63, 3.8) is 0 Å². The number of hydrogen-bond donors (Lipinski definition) is 0. The minimum atomic E-state index is -4.55. The molecule has 0 atom stereocenters. The van der Waals surface area contributed by atoms with E-state index in [0.29, 0.717) is 17.9 Å². The number of alkyl halides is 3. The molecule has 2 rings (SSSR count). The molecule has 0 radical (unpaired) electrons. The molecule has 0 bridgehead atoms. The largest absolute Gasteiger partial charge is 0.417 e. The van der Waals surface area contributed by atoms with Crippen molar-refractivity contribution in [1.29, 1.82) is 5.26 Å². The van der Waals surface area contributed by atoms with E-state index >= 15 is 0 Å². The number of imidazole rings is 1. The van der Waals surface area contributed by atoms with Gasteiger partial charge in [-0.15, -0.1) is 0 Å². The molecule has 1 heterocycles. The lowest BCUT2D eigenvalue weighted by atomic mass is 10.1. The molecule has 98 valence electrons. The first-order valence-corrected chi connectivity index (χ1v) is 5.61. The second kappa shape index (κ2) is 4.76. The highest BCUT2D eigenvalue weighted by molar-refractivity contribution is 5.47. The van der Waals surface area contributed by atoms with Crippen LogP contribution >= 0.6 is 0 Å². The molecular weight excluding hydrogens is 255 g/mol. The van der Waals surface area contributed by atoms with E-state index in [-0.39, 0.29) is 5.56 Å². The molecule has 2 aromatic rings. The predicted octanol–water partition coefficient (Wildman–Crippen LogP) is 3.33. The van der Waals surface area contributed by atoms with E-state index in [2.05, 4.69) is 4.98 Å². The standard InChI is InChI=1S/C13H10F3N3/c1-2-12-18-5-6-19(12)10-4-3-9(8-17)11(7-10)13(14,15)16/h3-7H,2H2,1H3. The summed E-state index contributed by atoms with van der Waals surface area (Å²) in [5.74, 6) is 0.665. The zero-order valence-electron chi connectivity index (χ0n) is 10.1. The van der Waals surface area contributed by atoms with E-state index in [4.69, 9.17) is 5.26 Å². The summed E-state index contributed by atoms with van der Waals surface area (Å²) in [4.78, 5) is 4.06. The summed E-state index contributed by atoms with van der Waals surface area (Å²) in [6.07, 6.45) is -0.812. The summed E-state index contributed by atoms with van der Waals surface area (Å²) >= 11 is 0. The zero-order valence-corrected chi connectivity index (χ0v) is 10.1. The van der Waals surface area contributed by atoms with Crippen molar-refractivity contribution in [1.82, 2.24) is 9.55 Å². The van der Waals surface area contributed by atoms with Crippen LogP contribution in [0.5, 0.6) is 0 Å². The molecule has 1 aromatic carbocycles. The van der Waals surface area contributed by atoms with E-state index in [1.807, 2.05) is 6.92 Å². The van der Waals surface area contributed by atoms with Crippen molar-refractivity contribution in [2.24, 2.45) is 0 Å². The van der Waals surface area contributed by atoms with Crippen LogP contribution in [0.1, 0.15) is 23.9 Å². The van der Waals surface area contributed by atoms with Gasteiger partial charge in [0.15, 0.2) is 0 Å². The lowest BCUT2D eigenvalue weighted by Gasteiger charge is -2.12. The number of halogens is 3. The zero-order chi connectivity index (χ0) is 14.0. The van der Waals surface area contributed by atoms with Crippen molar-refractivity contribution < 1.29 is 13.2 Å². The smallest absolute Gasteiger partial charge is 0.304 e. The average Bonchev–Trinajstić information content (AvgIpc) is 2.85. The Labute approximate surface area is 107 Å². The van der Waals surface area contributed by atoms with Gasteiger partial charge in [-0.2, -0.15) is 18.4 Å². The molecule has 1 aromatic heterocycles. The summed E-state index contributed by atoms with van der Waals surface area (Å²) in [6, 6.07) is 5.19. The monoisotopic (exact) mass is 265 g/mol. The van der Waals surface area contributed by atoms with Crippen molar-refractivity contribution in [3.8, 4) is 11.8 Å². The SMILES string of the molecule is CCc1nccn1-c1ccc(C#N)c(C(F)(F)F)c1. The average molecular weight is 265 g/mol. The Kier molecular flexibility index (Phi) is 3.30. The third-order valence-electron chi connectivity index (χ3n) is 2.74. The molecule has 0 fully saturated rings. The van der Waals surface area contributed by atoms with E-state index in [9.17, 15) is 13.2 Å². The minimum Gasteiger partial charge on any atom is -0.304 e. The van der Waals surface area contributed by atoms with Gasteiger partial charge in [-0.25, -0.2) is 4.98 Å². The van der Waals surface area contributed by atoms with E-state index in [1.165, 1.54) is 18.3 Å². The molecule has 0 spiro atoms. The maximum Gasteiger partial charge on any atom is 0.417 e.